The molecule has 0 bridgehead atoms. The lowest BCUT2D eigenvalue weighted by Gasteiger charge is -2.29. The Labute approximate surface area is 171 Å². The van der Waals surface area contributed by atoms with Crippen molar-refractivity contribution in [2.45, 2.75) is 64.4 Å². The third kappa shape index (κ3) is 6.13. The molecule has 0 amide bonds. The summed E-state index contributed by atoms with van der Waals surface area (Å²) in [6.07, 6.45) is 2.69. The lowest BCUT2D eigenvalue weighted by atomic mass is 9.95. The number of ether oxygens (including phenoxy) is 3. The Morgan fingerprint density at radius 2 is 1.97 bits per heavy atom. The first-order valence-electron chi connectivity index (χ1n) is 10.2. The molecule has 1 unspecified atom stereocenters. The molecule has 3 rings (SSSR count). The van der Waals surface area contributed by atoms with Gasteiger partial charge in [0.1, 0.15) is 11.5 Å². The van der Waals surface area contributed by atoms with Crippen LogP contribution in [0.4, 0.5) is 0 Å². The van der Waals surface area contributed by atoms with Gasteiger partial charge in [-0.05, 0) is 51.7 Å². The van der Waals surface area contributed by atoms with E-state index in [1.54, 1.807) is 6.92 Å². The zero-order valence-corrected chi connectivity index (χ0v) is 17.0. The Morgan fingerprint density at radius 1 is 1.24 bits per heavy atom. The molecule has 1 aromatic carbocycles. The van der Waals surface area contributed by atoms with Crippen LogP contribution in [-0.4, -0.2) is 47.6 Å². The number of carboxylic acids is 1. The number of aliphatic carboxylic acids is 1. The van der Waals surface area contributed by atoms with Gasteiger partial charge in [-0.25, -0.2) is 9.78 Å². The van der Waals surface area contributed by atoms with Gasteiger partial charge in [0.05, 0.1) is 25.4 Å². The van der Waals surface area contributed by atoms with Gasteiger partial charge in [0.2, 0.25) is 5.89 Å². The van der Waals surface area contributed by atoms with E-state index >= 15 is 0 Å². The molecule has 1 heterocycles. The molecule has 1 saturated carbocycles. The van der Waals surface area contributed by atoms with Crippen LogP contribution in [0.3, 0.4) is 0 Å². The summed E-state index contributed by atoms with van der Waals surface area (Å²) in [5, 5.41) is 9.16. The number of carbonyl (C=O) groups is 1. The molecule has 3 atom stereocenters. The summed E-state index contributed by atoms with van der Waals surface area (Å²) in [6.45, 7) is 4.46. The van der Waals surface area contributed by atoms with E-state index in [9.17, 15) is 4.79 Å². The van der Waals surface area contributed by atoms with Crippen molar-refractivity contribution in [3.05, 3.63) is 41.8 Å². The van der Waals surface area contributed by atoms with Crippen molar-refractivity contribution in [1.82, 2.24) is 4.98 Å². The van der Waals surface area contributed by atoms with E-state index in [4.69, 9.17) is 23.7 Å². The van der Waals surface area contributed by atoms with Gasteiger partial charge in [-0.2, -0.15) is 0 Å². The molecule has 2 aromatic rings. The highest BCUT2D eigenvalue weighted by atomic mass is 16.6. The van der Waals surface area contributed by atoms with Crippen LogP contribution in [0.5, 0.6) is 0 Å². The number of hydrogen-bond acceptors (Lipinski definition) is 6. The molecular formula is C22H29NO6. The minimum absolute atomic E-state index is 0.0191. The maximum absolute atomic E-state index is 11.2. The van der Waals surface area contributed by atoms with Gasteiger partial charge in [-0.3, -0.25) is 0 Å². The van der Waals surface area contributed by atoms with E-state index in [1.807, 2.05) is 37.3 Å². The summed E-state index contributed by atoms with van der Waals surface area (Å²) < 4.78 is 22.9. The summed E-state index contributed by atoms with van der Waals surface area (Å²) in [6, 6.07) is 9.79. The number of carboxylic acid groups (broad SMARTS) is 1. The van der Waals surface area contributed by atoms with Crippen molar-refractivity contribution in [3.63, 3.8) is 0 Å². The number of oxazole rings is 1. The highest BCUT2D eigenvalue weighted by Gasteiger charge is 2.26. The number of rotatable bonds is 10. The van der Waals surface area contributed by atoms with Crippen molar-refractivity contribution in [2.75, 3.05) is 13.2 Å². The third-order valence-corrected chi connectivity index (χ3v) is 5.07. The summed E-state index contributed by atoms with van der Waals surface area (Å²) in [5.74, 6) is 0.363. The van der Waals surface area contributed by atoms with Crippen molar-refractivity contribution >= 4 is 5.97 Å². The molecule has 0 radical (unpaired) electrons. The normalized spacial score (nSPS) is 20.5. The second-order valence-electron chi connectivity index (χ2n) is 7.23. The monoisotopic (exact) mass is 403 g/mol. The number of hydrogen-bond donors (Lipinski definition) is 1. The Hall–Kier alpha value is -2.22. The van der Waals surface area contributed by atoms with Gasteiger partial charge in [0.15, 0.2) is 6.10 Å². The summed E-state index contributed by atoms with van der Waals surface area (Å²) >= 11 is 0. The van der Waals surface area contributed by atoms with Crippen LogP contribution >= 0.6 is 0 Å². The second kappa shape index (κ2) is 10.5. The molecular weight excluding hydrogens is 374 g/mol. The fraction of sp³-hybridized carbons (Fsp3) is 0.545. The SMILES string of the molecule is CCOC(CO[C@@H]1CCC[C@H](OCc2nc(-c3ccccc3)oc2C)C1)C(=O)O. The van der Waals surface area contributed by atoms with Crippen LogP contribution in [-0.2, 0) is 25.6 Å². The maximum Gasteiger partial charge on any atom is 0.335 e. The van der Waals surface area contributed by atoms with Crippen LogP contribution in [0.25, 0.3) is 11.5 Å². The Morgan fingerprint density at radius 3 is 2.66 bits per heavy atom. The molecule has 1 aliphatic rings. The van der Waals surface area contributed by atoms with E-state index in [0.29, 0.717) is 19.1 Å². The third-order valence-electron chi connectivity index (χ3n) is 5.07. The standard InChI is InChI=1S/C22H29NO6/c1-3-26-20(22(24)25)14-28-18-11-7-10-17(12-18)27-13-19-15(2)29-21(23-19)16-8-5-4-6-9-16/h4-6,8-9,17-18,20H,3,7,10-14H2,1-2H3,(H,24,25)/t17-,18+,20?/m0/s1. The van der Waals surface area contributed by atoms with E-state index in [2.05, 4.69) is 4.98 Å². The van der Waals surface area contributed by atoms with Crippen molar-refractivity contribution < 1.29 is 28.5 Å². The average Bonchev–Trinajstić information content (AvgIpc) is 3.11. The first kappa shape index (κ1) is 21.5. The Bertz CT molecular complexity index is 775. The lowest BCUT2D eigenvalue weighted by molar-refractivity contribution is -0.157. The van der Waals surface area contributed by atoms with Crippen LogP contribution in [0.1, 0.15) is 44.1 Å². The van der Waals surface area contributed by atoms with Gasteiger partial charge < -0.3 is 23.7 Å². The number of aryl methyl sites for hydroxylation is 1. The second-order valence-corrected chi connectivity index (χ2v) is 7.23. The predicted octanol–water partition coefficient (Wildman–Crippen LogP) is 3.98. The minimum Gasteiger partial charge on any atom is -0.479 e. The van der Waals surface area contributed by atoms with Crippen LogP contribution < -0.4 is 0 Å². The Balaban J connectivity index is 1.50. The average molecular weight is 403 g/mol. The first-order chi connectivity index (χ1) is 14.1. The molecule has 1 N–H and O–H groups in total. The zero-order valence-electron chi connectivity index (χ0n) is 17.0. The van der Waals surface area contributed by atoms with Gasteiger partial charge in [-0.1, -0.05) is 18.2 Å². The van der Waals surface area contributed by atoms with E-state index in [-0.39, 0.29) is 18.8 Å². The fourth-order valence-electron chi connectivity index (χ4n) is 3.48. The van der Waals surface area contributed by atoms with Gasteiger partial charge in [-0.15, -0.1) is 0 Å². The number of nitrogens with zero attached hydrogens (tertiary/aromatic N) is 1. The smallest absolute Gasteiger partial charge is 0.335 e. The van der Waals surface area contributed by atoms with Crippen LogP contribution in [0, 0.1) is 6.92 Å². The fourth-order valence-corrected chi connectivity index (χ4v) is 3.48. The summed E-state index contributed by atoms with van der Waals surface area (Å²) in [7, 11) is 0. The largest absolute Gasteiger partial charge is 0.479 e. The van der Waals surface area contributed by atoms with Crippen molar-refractivity contribution in [2.24, 2.45) is 0 Å². The molecule has 7 heteroatoms. The summed E-state index contributed by atoms with van der Waals surface area (Å²) in [5.41, 5.74) is 1.74. The molecule has 1 aromatic heterocycles. The Kier molecular flexibility index (Phi) is 7.80. The maximum atomic E-state index is 11.2. The summed E-state index contributed by atoms with van der Waals surface area (Å²) in [4.78, 5) is 15.8. The molecule has 0 saturated heterocycles. The lowest BCUT2D eigenvalue weighted by Crippen LogP contribution is -2.34. The van der Waals surface area contributed by atoms with Crippen molar-refractivity contribution in [1.29, 1.82) is 0 Å². The first-order valence-corrected chi connectivity index (χ1v) is 10.2. The molecule has 7 nitrogen and oxygen atoms in total. The molecule has 158 valence electrons. The quantitative estimate of drug-likeness (QED) is 0.641. The molecule has 29 heavy (non-hydrogen) atoms. The van der Waals surface area contributed by atoms with Crippen molar-refractivity contribution in [3.8, 4) is 11.5 Å². The molecule has 0 aliphatic heterocycles. The van der Waals surface area contributed by atoms with E-state index in [0.717, 1.165) is 42.7 Å². The molecule has 1 fully saturated rings. The highest BCUT2D eigenvalue weighted by Crippen LogP contribution is 2.26. The van der Waals surface area contributed by atoms with E-state index in [1.165, 1.54) is 0 Å². The number of aromatic nitrogens is 1. The highest BCUT2D eigenvalue weighted by molar-refractivity contribution is 5.72. The number of benzene rings is 1. The molecule has 0 spiro atoms. The zero-order chi connectivity index (χ0) is 20.6. The topological polar surface area (TPSA) is 91.0 Å². The van der Waals surface area contributed by atoms with Crippen LogP contribution in [0.15, 0.2) is 34.7 Å². The molecule has 1 aliphatic carbocycles. The van der Waals surface area contributed by atoms with Gasteiger partial charge in [0.25, 0.3) is 0 Å². The van der Waals surface area contributed by atoms with Crippen LogP contribution in [0.2, 0.25) is 0 Å². The van der Waals surface area contributed by atoms with Gasteiger partial charge >= 0.3 is 5.97 Å². The predicted molar refractivity (Wildman–Crippen MR) is 107 cm³/mol. The van der Waals surface area contributed by atoms with E-state index < -0.39 is 12.1 Å². The van der Waals surface area contributed by atoms with Gasteiger partial charge in [0, 0.05) is 12.2 Å². The minimum atomic E-state index is -0.994.